The molecule has 1 aliphatic heterocycles. The molecule has 0 spiro atoms. The maximum Gasteiger partial charge on any atom is 0.232 e. The second kappa shape index (κ2) is 9.65. The summed E-state index contributed by atoms with van der Waals surface area (Å²) < 4.78 is 10.6. The molecule has 1 aliphatic rings. The number of rotatable bonds is 9. The fourth-order valence-corrected chi connectivity index (χ4v) is 3.25. The fourth-order valence-electron chi connectivity index (χ4n) is 3.25. The van der Waals surface area contributed by atoms with Crippen molar-refractivity contribution < 1.29 is 19.1 Å². The SMILES string of the molecule is CCOCCOc1cnc(C(=O)Cc2cccc(C3(C)CC(=O)N(C)C(N)=N3)c2)cn1. The number of hydrogen-bond donors (Lipinski definition) is 1. The molecule has 1 aromatic carbocycles. The first-order valence-electron chi connectivity index (χ1n) is 10.1. The Morgan fingerprint density at radius 3 is 2.74 bits per heavy atom. The number of aromatic nitrogens is 2. The quantitative estimate of drug-likeness (QED) is 0.480. The average molecular weight is 425 g/mol. The molecule has 0 fully saturated rings. The van der Waals surface area contributed by atoms with E-state index in [9.17, 15) is 9.59 Å². The van der Waals surface area contributed by atoms with Crippen LogP contribution >= 0.6 is 0 Å². The van der Waals surface area contributed by atoms with Crippen molar-refractivity contribution in [2.24, 2.45) is 10.7 Å². The molecule has 9 heteroatoms. The largest absolute Gasteiger partial charge is 0.474 e. The third-order valence-electron chi connectivity index (χ3n) is 5.08. The first-order chi connectivity index (χ1) is 14.8. The van der Waals surface area contributed by atoms with Crippen LogP contribution in [0.15, 0.2) is 41.7 Å². The molecule has 1 atom stereocenters. The molecule has 164 valence electrons. The van der Waals surface area contributed by atoms with E-state index >= 15 is 0 Å². The average Bonchev–Trinajstić information content (AvgIpc) is 2.75. The molecule has 0 radical (unpaired) electrons. The summed E-state index contributed by atoms with van der Waals surface area (Å²) >= 11 is 0. The van der Waals surface area contributed by atoms with Crippen LogP contribution < -0.4 is 10.5 Å². The summed E-state index contributed by atoms with van der Waals surface area (Å²) in [4.78, 5) is 39.1. The van der Waals surface area contributed by atoms with Gasteiger partial charge in [0, 0.05) is 20.1 Å². The zero-order chi connectivity index (χ0) is 22.4. The molecule has 1 amide bonds. The molecule has 31 heavy (non-hydrogen) atoms. The minimum absolute atomic E-state index is 0.102. The Morgan fingerprint density at radius 2 is 2.06 bits per heavy atom. The Balaban J connectivity index is 1.68. The lowest BCUT2D eigenvalue weighted by Gasteiger charge is -2.33. The predicted octanol–water partition coefficient (Wildman–Crippen LogP) is 1.71. The van der Waals surface area contributed by atoms with E-state index in [1.807, 2.05) is 38.1 Å². The molecule has 1 aromatic heterocycles. The number of ketones is 1. The van der Waals surface area contributed by atoms with Gasteiger partial charge in [-0.2, -0.15) is 0 Å². The molecule has 9 nitrogen and oxygen atoms in total. The Kier molecular flexibility index (Phi) is 6.96. The van der Waals surface area contributed by atoms with Gasteiger partial charge in [0.05, 0.1) is 31.0 Å². The Bertz CT molecular complexity index is 976. The van der Waals surface area contributed by atoms with E-state index in [0.717, 1.165) is 11.1 Å². The molecule has 1 unspecified atom stereocenters. The molecule has 2 heterocycles. The van der Waals surface area contributed by atoms with Crippen molar-refractivity contribution in [3.63, 3.8) is 0 Å². The van der Waals surface area contributed by atoms with Gasteiger partial charge in [-0.1, -0.05) is 24.3 Å². The van der Waals surface area contributed by atoms with Gasteiger partial charge in [-0.05, 0) is 25.0 Å². The van der Waals surface area contributed by atoms with Gasteiger partial charge < -0.3 is 15.2 Å². The first kappa shape index (κ1) is 22.4. The molecule has 0 saturated heterocycles. The highest BCUT2D eigenvalue weighted by Gasteiger charge is 2.36. The summed E-state index contributed by atoms with van der Waals surface area (Å²) in [6, 6.07) is 7.47. The van der Waals surface area contributed by atoms with E-state index in [1.54, 1.807) is 7.05 Å². The van der Waals surface area contributed by atoms with Crippen LogP contribution in [0.2, 0.25) is 0 Å². The van der Waals surface area contributed by atoms with Gasteiger partial charge in [0.2, 0.25) is 11.8 Å². The molecule has 2 N–H and O–H groups in total. The third-order valence-corrected chi connectivity index (χ3v) is 5.08. The van der Waals surface area contributed by atoms with Crippen LogP contribution in [0, 0.1) is 0 Å². The monoisotopic (exact) mass is 425 g/mol. The maximum atomic E-state index is 12.7. The minimum atomic E-state index is -0.771. The van der Waals surface area contributed by atoms with Gasteiger partial charge in [-0.3, -0.25) is 14.5 Å². The van der Waals surface area contributed by atoms with E-state index in [2.05, 4.69) is 15.0 Å². The Hall–Kier alpha value is -3.33. The lowest BCUT2D eigenvalue weighted by Crippen LogP contribution is -2.47. The summed E-state index contributed by atoms with van der Waals surface area (Å²) in [5.41, 5.74) is 7.01. The van der Waals surface area contributed by atoms with Gasteiger partial charge in [-0.25, -0.2) is 15.0 Å². The molecule has 3 rings (SSSR count). The fraction of sp³-hybridized carbons (Fsp3) is 0.409. The number of amides is 1. The summed E-state index contributed by atoms with van der Waals surface area (Å²) in [5.74, 6) is 0.251. The smallest absolute Gasteiger partial charge is 0.232 e. The zero-order valence-corrected chi connectivity index (χ0v) is 18.0. The van der Waals surface area contributed by atoms with Gasteiger partial charge in [0.25, 0.3) is 0 Å². The van der Waals surface area contributed by atoms with Crippen molar-refractivity contribution in [2.45, 2.75) is 32.2 Å². The van der Waals surface area contributed by atoms with Crippen molar-refractivity contribution in [2.75, 3.05) is 26.9 Å². The lowest BCUT2D eigenvalue weighted by molar-refractivity contribution is -0.128. The number of nitrogens with zero attached hydrogens (tertiary/aromatic N) is 4. The molecule has 0 saturated carbocycles. The molecular weight excluding hydrogens is 398 g/mol. The highest BCUT2D eigenvalue weighted by Crippen LogP contribution is 2.33. The molecule has 0 bridgehead atoms. The first-order valence-corrected chi connectivity index (χ1v) is 10.1. The summed E-state index contributed by atoms with van der Waals surface area (Å²) in [5, 5.41) is 0. The van der Waals surface area contributed by atoms with Crippen LogP contribution in [0.4, 0.5) is 0 Å². The highest BCUT2D eigenvalue weighted by atomic mass is 16.5. The minimum Gasteiger partial charge on any atom is -0.474 e. The van der Waals surface area contributed by atoms with E-state index in [1.165, 1.54) is 17.3 Å². The number of aliphatic imine (C=N–C) groups is 1. The van der Waals surface area contributed by atoms with Gasteiger partial charge in [-0.15, -0.1) is 0 Å². The topological polar surface area (TPSA) is 120 Å². The number of ether oxygens (including phenoxy) is 2. The number of benzene rings is 1. The van der Waals surface area contributed by atoms with E-state index in [-0.39, 0.29) is 36.2 Å². The van der Waals surface area contributed by atoms with Crippen LogP contribution in [0.5, 0.6) is 5.88 Å². The molecule has 2 aromatic rings. The number of hydrogen-bond acceptors (Lipinski definition) is 8. The van der Waals surface area contributed by atoms with E-state index < -0.39 is 5.54 Å². The summed E-state index contributed by atoms with van der Waals surface area (Å²) in [6.07, 6.45) is 3.19. The zero-order valence-electron chi connectivity index (χ0n) is 18.0. The highest BCUT2D eigenvalue weighted by molar-refractivity contribution is 5.99. The predicted molar refractivity (Wildman–Crippen MR) is 115 cm³/mol. The number of carbonyl (C=O) groups is 2. The second-order valence-corrected chi connectivity index (χ2v) is 7.46. The van der Waals surface area contributed by atoms with Crippen molar-refractivity contribution in [3.05, 3.63) is 53.5 Å². The van der Waals surface area contributed by atoms with Crippen molar-refractivity contribution in [3.8, 4) is 5.88 Å². The Labute approximate surface area is 181 Å². The van der Waals surface area contributed by atoms with Crippen molar-refractivity contribution in [1.29, 1.82) is 0 Å². The van der Waals surface area contributed by atoms with Crippen LogP contribution in [-0.2, 0) is 21.5 Å². The van der Waals surface area contributed by atoms with E-state index in [4.69, 9.17) is 15.2 Å². The van der Waals surface area contributed by atoms with Gasteiger partial charge in [0.1, 0.15) is 12.3 Å². The molecular formula is C22H27N5O4. The summed E-state index contributed by atoms with van der Waals surface area (Å²) in [6.45, 7) is 5.22. The second-order valence-electron chi connectivity index (χ2n) is 7.46. The standard InChI is InChI=1S/C22H27N5O4/c1-4-30-8-9-31-19-14-24-17(13-25-19)18(28)11-15-6-5-7-16(10-15)22(2)12-20(29)27(3)21(23)26-22/h5-7,10,13-14H,4,8-9,11-12H2,1-3H3,(H2,23,26). The number of guanidine groups is 1. The number of nitrogens with two attached hydrogens (primary N) is 1. The number of Topliss-reactive ketones (excluding diaryl/α,β-unsaturated/α-hetero) is 1. The van der Waals surface area contributed by atoms with Crippen molar-refractivity contribution >= 4 is 17.6 Å². The normalized spacial score (nSPS) is 18.6. The lowest BCUT2D eigenvalue weighted by atomic mass is 9.86. The van der Waals surface area contributed by atoms with Gasteiger partial charge in [0.15, 0.2) is 11.7 Å². The van der Waals surface area contributed by atoms with Crippen LogP contribution in [0.1, 0.15) is 41.9 Å². The summed E-state index contributed by atoms with van der Waals surface area (Å²) in [7, 11) is 1.60. The molecule has 0 aliphatic carbocycles. The van der Waals surface area contributed by atoms with Crippen LogP contribution in [0.3, 0.4) is 0 Å². The number of carbonyl (C=O) groups excluding carboxylic acids is 2. The van der Waals surface area contributed by atoms with Crippen LogP contribution in [0.25, 0.3) is 0 Å². The van der Waals surface area contributed by atoms with Crippen LogP contribution in [-0.4, -0.2) is 59.4 Å². The third kappa shape index (κ3) is 5.43. The maximum absolute atomic E-state index is 12.7. The van der Waals surface area contributed by atoms with E-state index in [0.29, 0.717) is 25.7 Å². The van der Waals surface area contributed by atoms with Crippen molar-refractivity contribution in [1.82, 2.24) is 14.9 Å². The Morgan fingerprint density at radius 1 is 1.26 bits per heavy atom. The van der Waals surface area contributed by atoms with Gasteiger partial charge >= 0.3 is 0 Å².